The van der Waals surface area contributed by atoms with Crippen LogP contribution in [0.1, 0.15) is 27.0 Å². The minimum atomic E-state index is -0.497. The molecule has 0 amide bonds. The van der Waals surface area contributed by atoms with Crippen LogP contribution in [0.15, 0.2) is 66.4 Å². The molecule has 0 saturated carbocycles. The fourth-order valence-corrected chi connectivity index (χ4v) is 3.44. The number of nitrogens with zero attached hydrogens (tertiary/aromatic N) is 1. The zero-order valence-corrected chi connectivity index (χ0v) is 17.6. The van der Waals surface area contributed by atoms with E-state index >= 15 is 0 Å². The van der Waals surface area contributed by atoms with E-state index in [0.29, 0.717) is 21.7 Å². The van der Waals surface area contributed by atoms with Gasteiger partial charge >= 0.3 is 5.97 Å². The van der Waals surface area contributed by atoms with Gasteiger partial charge in [0.25, 0.3) is 5.69 Å². The van der Waals surface area contributed by atoms with Crippen LogP contribution in [0.5, 0.6) is 11.5 Å². The Morgan fingerprint density at radius 3 is 2.47 bits per heavy atom. The quantitative estimate of drug-likeness (QED) is 0.172. The second-order valence-electron chi connectivity index (χ2n) is 7.18. The third kappa shape index (κ3) is 4.53. The Morgan fingerprint density at radius 1 is 1.12 bits per heavy atom. The Bertz CT molecular complexity index is 1260. The molecule has 0 aromatic heterocycles. The summed E-state index contributed by atoms with van der Waals surface area (Å²) in [5, 5.41) is 11.4. The molecule has 3 aromatic rings. The second-order valence-corrected chi connectivity index (χ2v) is 7.62. The number of nitro benzene ring substituents is 1. The van der Waals surface area contributed by atoms with Crippen molar-refractivity contribution in [3.8, 4) is 11.5 Å². The third-order valence-corrected chi connectivity index (χ3v) is 5.09. The van der Waals surface area contributed by atoms with Gasteiger partial charge < -0.3 is 9.47 Å². The SMILES string of the molecule is Cc1cc(OC(=O)Cc2ccc(Cl)cc2)cc2c1C(=O)/C(=C/c1ccc([N+](=O)[O-])cc1)O2. The van der Waals surface area contributed by atoms with Crippen molar-refractivity contribution < 1.29 is 24.0 Å². The molecular formula is C24H16ClNO6. The minimum Gasteiger partial charge on any atom is -0.452 e. The normalized spacial score (nSPS) is 13.6. The highest BCUT2D eigenvalue weighted by Gasteiger charge is 2.30. The van der Waals surface area contributed by atoms with Crippen molar-refractivity contribution in [3.63, 3.8) is 0 Å². The number of ketones is 1. The van der Waals surface area contributed by atoms with Crippen LogP contribution in [-0.4, -0.2) is 16.7 Å². The number of ether oxygens (including phenoxy) is 2. The lowest BCUT2D eigenvalue weighted by Gasteiger charge is -2.08. The third-order valence-electron chi connectivity index (χ3n) is 4.84. The smallest absolute Gasteiger partial charge is 0.315 e. The Hall–Kier alpha value is -3.97. The predicted molar refractivity (Wildman–Crippen MR) is 118 cm³/mol. The highest BCUT2D eigenvalue weighted by Crippen LogP contribution is 2.37. The van der Waals surface area contributed by atoms with Crippen LogP contribution in [0.2, 0.25) is 5.02 Å². The van der Waals surface area contributed by atoms with Gasteiger partial charge in [-0.1, -0.05) is 23.7 Å². The van der Waals surface area contributed by atoms with Crippen LogP contribution < -0.4 is 9.47 Å². The van der Waals surface area contributed by atoms with Crippen LogP contribution in [0, 0.1) is 17.0 Å². The van der Waals surface area contributed by atoms with E-state index in [1.807, 2.05) is 0 Å². The van der Waals surface area contributed by atoms with Gasteiger partial charge in [0.1, 0.15) is 11.5 Å². The van der Waals surface area contributed by atoms with Crippen LogP contribution in [0.25, 0.3) is 6.08 Å². The van der Waals surface area contributed by atoms with Gasteiger partial charge in [0.05, 0.1) is 16.9 Å². The molecule has 1 aliphatic heterocycles. The summed E-state index contributed by atoms with van der Waals surface area (Å²) in [6.45, 7) is 1.73. The molecule has 0 atom stereocenters. The maximum absolute atomic E-state index is 12.8. The number of rotatable bonds is 5. The van der Waals surface area contributed by atoms with Crippen LogP contribution in [0.4, 0.5) is 5.69 Å². The molecule has 4 rings (SSSR count). The highest BCUT2D eigenvalue weighted by atomic mass is 35.5. The van der Waals surface area contributed by atoms with Crippen LogP contribution in [-0.2, 0) is 11.2 Å². The molecular weight excluding hydrogens is 434 g/mol. The van der Waals surface area contributed by atoms with Crippen LogP contribution in [0.3, 0.4) is 0 Å². The Morgan fingerprint density at radius 2 is 1.81 bits per heavy atom. The summed E-state index contributed by atoms with van der Waals surface area (Å²) in [6, 6.07) is 15.7. The number of benzene rings is 3. The van der Waals surface area contributed by atoms with E-state index in [9.17, 15) is 19.7 Å². The largest absolute Gasteiger partial charge is 0.452 e. The Kier molecular flexibility index (Phi) is 5.75. The van der Waals surface area contributed by atoms with Crippen molar-refractivity contribution in [3.05, 3.63) is 104 Å². The number of Topliss-reactive ketones (excluding diaryl/α,β-unsaturated/α-hetero) is 1. The standard InChI is InChI=1S/C24H16ClNO6/c1-14-10-19(31-22(27)12-16-2-6-17(25)7-3-16)13-20-23(14)24(28)21(32-20)11-15-4-8-18(9-5-15)26(29)30/h2-11,13H,12H2,1H3/b21-11-. The van der Waals surface area contributed by atoms with Crippen LogP contribution >= 0.6 is 11.6 Å². The number of halogens is 1. The molecule has 0 unspecified atom stereocenters. The monoisotopic (exact) mass is 449 g/mol. The van der Waals surface area contributed by atoms with E-state index in [-0.39, 0.29) is 35.1 Å². The summed E-state index contributed by atoms with van der Waals surface area (Å²) >= 11 is 5.85. The van der Waals surface area contributed by atoms with E-state index in [1.54, 1.807) is 37.3 Å². The lowest BCUT2D eigenvalue weighted by Crippen LogP contribution is -2.11. The zero-order valence-electron chi connectivity index (χ0n) is 16.8. The number of fused-ring (bicyclic) bond motifs is 1. The number of carbonyl (C=O) groups excluding carboxylic acids is 2. The number of carbonyl (C=O) groups is 2. The van der Waals surface area contributed by atoms with Gasteiger partial charge in [0.2, 0.25) is 5.78 Å². The van der Waals surface area contributed by atoms with Gasteiger partial charge in [-0.25, -0.2) is 0 Å². The van der Waals surface area contributed by atoms with Crippen molar-refractivity contribution in [2.75, 3.05) is 0 Å². The topological polar surface area (TPSA) is 95.7 Å². The molecule has 160 valence electrons. The summed E-state index contributed by atoms with van der Waals surface area (Å²) in [5.41, 5.74) is 2.29. The number of hydrogen-bond acceptors (Lipinski definition) is 6. The van der Waals surface area contributed by atoms with Crippen molar-refractivity contribution in [2.24, 2.45) is 0 Å². The number of nitro groups is 1. The average Bonchev–Trinajstić information content (AvgIpc) is 3.05. The number of non-ortho nitro benzene ring substituents is 1. The summed E-state index contributed by atoms with van der Waals surface area (Å²) in [7, 11) is 0. The van der Waals surface area contributed by atoms with E-state index in [1.165, 1.54) is 36.4 Å². The molecule has 0 saturated heterocycles. The molecule has 8 heteroatoms. The van der Waals surface area contributed by atoms with E-state index in [2.05, 4.69) is 0 Å². The summed E-state index contributed by atoms with van der Waals surface area (Å²) in [6.07, 6.45) is 1.58. The molecule has 1 aliphatic rings. The predicted octanol–water partition coefficient (Wildman–Crippen LogP) is 5.32. The minimum absolute atomic E-state index is 0.0463. The maximum Gasteiger partial charge on any atom is 0.315 e. The highest BCUT2D eigenvalue weighted by molar-refractivity contribution is 6.30. The molecule has 32 heavy (non-hydrogen) atoms. The van der Waals surface area contributed by atoms with Crippen molar-refractivity contribution in [2.45, 2.75) is 13.3 Å². The molecule has 7 nitrogen and oxygen atoms in total. The number of allylic oxidation sites excluding steroid dienone is 1. The molecule has 0 aliphatic carbocycles. The average molecular weight is 450 g/mol. The Balaban J connectivity index is 1.51. The second kappa shape index (κ2) is 8.64. The van der Waals surface area contributed by atoms with Crippen molar-refractivity contribution >= 4 is 35.1 Å². The van der Waals surface area contributed by atoms with E-state index in [4.69, 9.17) is 21.1 Å². The van der Waals surface area contributed by atoms with Gasteiger partial charge in [0.15, 0.2) is 5.76 Å². The first-order valence-corrected chi connectivity index (χ1v) is 9.96. The summed E-state index contributed by atoms with van der Waals surface area (Å²) in [4.78, 5) is 35.4. The lowest BCUT2D eigenvalue weighted by atomic mass is 10.0. The molecule has 3 aromatic carbocycles. The summed E-state index contributed by atoms with van der Waals surface area (Å²) in [5.74, 6) is -0.129. The fourth-order valence-electron chi connectivity index (χ4n) is 3.32. The van der Waals surface area contributed by atoms with E-state index in [0.717, 1.165) is 5.56 Å². The zero-order chi connectivity index (χ0) is 22.8. The molecule has 0 fully saturated rings. The lowest BCUT2D eigenvalue weighted by molar-refractivity contribution is -0.384. The van der Waals surface area contributed by atoms with Gasteiger partial charge in [0, 0.05) is 23.2 Å². The molecule has 0 radical (unpaired) electrons. The van der Waals surface area contributed by atoms with Crippen molar-refractivity contribution in [1.82, 2.24) is 0 Å². The first-order valence-electron chi connectivity index (χ1n) is 9.58. The van der Waals surface area contributed by atoms with Gasteiger partial charge in [-0.05, 0) is 60.0 Å². The molecule has 1 heterocycles. The van der Waals surface area contributed by atoms with E-state index < -0.39 is 10.9 Å². The number of esters is 1. The fraction of sp³-hybridized carbons (Fsp3) is 0.0833. The first-order chi connectivity index (χ1) is 15.3. The number of aryl methyl sites for hydroxylation is 1. The Labute approximate surface area is 188 Å². The summed E-state index contributed by atoms with van der Waals surface area (Å²) < 4.78 is 11.1. The van der Waals surface area contributed by atoms with Gasteiger partial charge in [-0.3, -0.25) is 19.7 Å². The molecule has 0 N–H and O–H groups in total. The first kappa shape index (κ1) is 21.3. The van der Waals surface area contributed by atoms with Crippen molar-refractivity contribution in [1.29, 1.82) is 0 Å². The van der Waals surface area contributed by atoms with Gasteiger partial charge in [-0.15, -0.1) is 0 Å². The van der Waals surface area contributed by atoms with Gasteiger partial charge in [-0.2, -0.15) is 0 Å². The molecule has 0 bridgehead atoms. The molecule has 0 spiro atoms. The maximum atomic E-state index is 12.8. The number of hydrogen-bond donors (Lipinski definition) is 0.